The minimum atomic E-state index is -0.657. The Balaban J connectivity index is 1.59. The molecule has 0 unspecified atom stereocenters. The number of rotatable bonds is 9. The zero-order valence-electron chi connectivity index (χ0n) is 22.7. The third kappa shape index (κ3) is 6.83. The van der Waals surface area contributed by atoms with Crippen LogP contribution in [-0.2, 0) is 9.59 Å². The Morgan fingerprint density at radius 1 is 1.07 bits per heavy atom. The summed E-state index contributed by atoms with van der Waals surface area (Å²) in [5.74, 6) is -0.770. The van der Waals surface area contributed by atoms with Gasteiger partial charge in [0.05, 0.1) is 17.4 Å². The van der Waals surface area contributed by atoms with Crippen molar-refractivity contribution in [2.45, 2.75) is 18.8 Å². The highest BCUT2D eigenvalue weighted by Crippen LogP contribution is 2.35. The van der Waals surface area contributed by atoms with E-state index >= 15 is 0 Å². The van der Waals surface area contributed by atoms with E-state index in [-0.39, 0.29) is 28.3 Å². The van der Waals surface area contributed by atoms with E-state index in [1.54, 1.807) is 24.3 Å². The van der Waals surface area contributed by atoms with E-state index in [0.29, 0.717) is 23.0 Å². The number of Topliss-reactive ketones (excluding diaryl/α,β-unsaturated/α-hetero) is 1. The fourth-order valence-electron chi connectivity index (χ4n) is 4.48. The minimum Gasteiger partial charge on any atom is -0.342 e. The van der Waals surface area contributed by atoms with Gasteiger partial charge in [-0.05, 0) is 74.8 Å². The van der Waals surface area contributed by atoms with Crippen molar-refractivity contribution in [3.63, 3.8) is 0 Å². The van der Waals surface area contributed by atoms with Gasteiger partial charge in [-0.2, -0.15) is 4.98 Å². The van der Waals surface area contributed by atoms with Crippen molar-refractivity contribution < 1.29 is 14.4 Å². The van der Waals surface area contributed by atoms with E-state index in [4.69, 9.17) is 11.6 Å². The van der Waals surface area contributed by atoms with Gasteiger partial charge in [-0.15, -0.1) is 0 Å². The summed E-state index contributed by atoms with van der Waals surface area (Å²) >= 11 is 6.37. The van der Waals surface area contributed by atoms with E-state index in [9.17, 15) is 14.4 Å². The molecule has 2 amide bonds. The van der Waals surface area contributed by atoms with Crippen LogP contribution in [0.3, 0.4) is 0 Å². The monoisotopic (exact) mass is 561 g/mol. The van der Waals surface area contributed by atoms with Gasteiger partial charge < -0.3 is 25.8 Å². The number of likely N-dealkylation sites (tertiary alicyclic amines) is 1. The molecule has 1 aromatic heterocycles. The van der Waals surface area contributed by atoms with Crippen LogP contribution in [0.2, 0.25) is 5.02 Å². The Morgan fingerprint density at radius 2 is 1.80 bits per heavy atom. The number of likely N-dealkylation sites (N-methyl/N-ethyl adjacent to an activating group) is 1. The van der Waals surface area contributed by atoms with Gasteiger partial charge in [0.25, 0.3) is 11.7 Å². The average molecular weight is 562 g/mol. The molecule has 10 nitrogen and oxygen atoms in total. The standard InChI is InChI=1S/C29H32ClN7O3/c1-5-25(38)33-24-16-19(10-11-20(24)18-12-14-37(4)15-13-18)32-29-31-17-22(30)27(35-29)34-23-9-7-6-8-21(23)26(39)28(40)36(2)3/h5-11,16-18H,1,12-15H2,2-4H3,(H,33,38)(H2,31,32,34,35). The number of aromatic nitrogens is 2. The molecule has 0 spiro atoms. The first-order chi connectivity index (χ1) is 19.2. The molecule has 208 valence electrons. The Labute approximate surface area is 238 Å². The van der Waals surface area contributed by atoms with Crippen LogP contribution in [-0.4, -0.2) is 71.6 Å². The van der Waals surface area contributed by atoms with Crippen molar-refractivity contribution in [1.82, 2.24) is 19.8 Å². The first kappa shape index (κ1) is 28.7. The SMILES string of the molecule is C=CC(=O)Nc1cc(Nc2ncc(Cl)c(Nc3ccccc3C(=O)C(=O)N(C)C)n2)ccc1C1CCN(C)CC1. The van der Waals surface area contributed by atoms with Gasteiger partial charge in [-0.25, -0.2) is 4.98 Å². The summed E-state index contributed by atoms with van der Waals surface area (Å²) in [5, 5.41) is 9.38. The molecule has 2 aromatic carbocycles. The summed E-state index contributed by atoms with van der Waals surface area (Å²) < 4.78 is 0. The van der Waals surface area contributed by atoms with Crippen LogP contribution in [0.1, 0.15) is 34.7 Å². The van der Waals surface area contributed by atoms with Crippen LogP contribution in [0.15, 0.2) is 61.3 Å². The van der Waals surface area contributed by atoms with E-state index in [0.717, 1.165) is 31.5 Å². The first-order valence-electron chi connectivity index (χ1n) is 12.8. The smallest absolute Gasteiger partial charge is 0.294 e. The number of carbonyl (C=O) groups is 3. The lowest BCUT2D eigenvalue weighted by Crippen LogP contribution is -2.30. The molecule has 4 rings (SSSR count). The summed E-state index contributed by atoms with van der Waals surface area (Å²) in [4.78, 5) is 49.5. The summed E-state index contributed by atoms with van der Waals surface area (Å²) in [6, 6.07) is 12.4. The van der Waals surface area contributed by atoms with Crippen molar-refractivity contribution in [3.05, 3.63) is 77.5 Å². The zero-order valence-corrected chi connectivity index (χ0v) is 23.5. The molecule has 1 aliphatic rings. The molecular weight excluding hydrogens is 530 g/mol. The maximum Gasteiger partial charge on any atom is 0.294 e. The van der Waals surface area contributed by atoms with Crippen molar-refractivity contribution in [2.24, 2.45) is 0 Å². The van der Waals surface area contributed by atoms with Gasteiger partial charge in [-0.3, -0.25) is 14.4 Å². The van der Waals surface area contributed by atoms with Crippen LogP contribution >= 0.6 is 11.6 Å². The summed E-state index contributed by atoms with van der Waals surface area (Å²) in [6.07, 6.45) is 4.68. The lowest BCUT2D eigenvalue weighted by atomic mass is 9.88. The van der Waals surface area contributed by atoms with Gasteiger partial charge in [0.2, 0.25) is 11.9 Å². The maximum atomic E-state index is 12.7. The minimum absolute atomic E-state index is 0.192. The summed E-state index contributed by atoms with van der Waals surface area (Å²) in [7, 11) is 5.15. The van der Waals surface area contributed by atoms with E-state index in [2.05, 4.69) is 44.4 Å². The molecule has 0 aliphatic carbocycles. The molecule has 0 atom stereocenters. The van der Waals surface area contributed by atoms with E-state index < -0.39 is 11.7 Å². The van der Waals surface area contributed by atoms with Gasteiger partial charge in [0.15, 0.2) is 5.82 Å². The first-order valence-corrected chi connectivity index (χ1v) is 13.2. The van der Waals surface area contributed by atoms with Crippen LogP contribution in [0.5, 0.6) is 0 Å². The normalized spacial score (nSPS) is 13.8. The fourth-order valence-corrected chi connectivity index (χ4v) is 4.62. The Bertz CT molecular complexity index is 1430. The lowest BCUT2D eigenvalue weighted by Gasteiger charge is -2.30. The number of benzene rings is 2. The predicted molar refractivity (Wildman–Crippen MR) is 158 cm³/mol. The Hall–Kier alpha value is -4.28. The average Bonchev–Trinajstić information content (AvgIpc) is 2.95. The van der Waals surface area contributed by atoms with E-state index in [1.807, 2.05) is 18.2 Å². The number of carbonyl (C=O) groups excluding carboxylic acids is 3. The number of nitrogens with zero attached hydrogens (tertiary/aromatic N) is 4. The van der Waals surface area contributed by atoms with Crippen LogP contribution < -0.4 is 16.0 Å². The fraction of sp³-hybridized carbons (Fsp3) is 0.276. The molecular formula is C29H32ClN7O3. The molecule has 0 bridgehead atoms. The number of halogens is 1. The highest BCUT2D eigenvalue weighted by molar-refractivity contribution is 6.43. The summed E-state index contributed by atoms with van der Waals surface area (Å²) in [6.45, 7) is 5.55. The van der Waals surface area contributed by atoms with Crippen LogP contribution in [0.4, 0.5) is 28.8 Å². The number of piperidine rings is 1. The van der Waals surface area contributed by atoms with E-state index in [1.165, 1.54) is 31.3 Å². The largest absolute Gasteiger partial charge is 0.342 e. The molecule has 40 heavy (non-hydrogen) atoms. The number of ketones is 1. The topological polar surface area (TPSA) is 120 Å². The second-order valence-electron chi connectivity index (χ2n) is 9.79. The molecule has 11 heteroatoms. The van der Waals surface area contributed by atoms with Crippen molar-refractivity contribution >= 4 is 58.0 Å². The Kier molecular flexibility index (Phi) is 9.13. The van der Waals surface area contributed by atoms with Gasteiger partial charge >= 0.3 is 0 Å². The lowest BCUT2D eigenvalue weighted by molar-refractivity contribution is -0.124. The summed E-state index contributed by atoms with van der Waals surface area (Å²) in [5.41, 5.74) is 3.01. The second kappa shape index (κ2) is 12.7. The third-order valence-corrected chi connectivity index (χ3v) is 6.96. The number of hydrogen-bond donors (Lipinski definition) is 3. The molecule has 3 N–H and O–H groups in total. The van der Waals surface area contributed by atoms with Gasteiger partial charge in [0.1, 0.15) is 5.02 Å². The molecule has 1 aliphatic heterocycles. The number of anilines is 5. The van der Waals surface area contributed by atoms with Crippen molar-refractivity contribution in [3.8, 4) is 0 Å². The molecule has 2 heterocycles. The van der Waals surface area contributed by atoms with Crippen molar-refractivity contribution in [2.75, 3.05) is 50.2 Å². The van der Waals surface area contributed by atoms with Gasteiger partial charge in [0, 0.05) is 25.5 Å². The zero-order chi connectivity index (χ0) is 28.8. The highest BCUT2D eigenvalue weighted by atomic mass is 35.5. The molecule has 0 radical (unpaired) electrons. The number of amides is 2. The molecule has 3 aromatic rings. The van der Waals surface area contributed by atoms with Crippen molar-refractivity contribution in [1.29, 1.82) is 0 Å². The predicted octanol–water partition coefficient (Wildman–Crippen LogP) is 4.82. The molecule has 1 fully saturated rings. The van der Waals surface area contributed by atoms with Crippen LogP contribution in [0.25, 0.3) is 0 Å². The quantitative estimate of drug-likeness (QED) is 0.193. The number of hydrogen-bond acceptors (Lipinski definition) is 8. The molecule has 0 saturated carbocycles. The maximum absolute atomic E-state index is 12.7. The van der Waals surface area contributed by atoms with Gasteiger partial charge in [-0.1, -0.05) is 36.4 Å². The molecule has 1 saturated heterocycles. The van der Waals surface area contributed by atoms with Crippen LogP contribution in [0, 0.1) is 0 Å². The number of para-hydroxylation sites is 1. The Morgan fingerprint density at radius 3 is 2.50 bits per heavy atom. The third-order valence-electron chi connectivity index (χ3n) is 6.68. The highest BCUT2D eigenvalue weighted by Gasteiger charge is 2.23. The number of nitrogens with one attached hydrogen (secondary N) is 3. The second-order valence-corrected chi connectivity index (χ2v) is 10.2.